The Balaban J connectivity index is 2.81. The van der Waals surface area contributed by atoms with Gasteiger partial charge in [0, 0.05) is 6.54 Å². The van der Waals surface area contributed by atoms with Gasteiger partial charge < -0.3 is 10.5 Å². The lowest BCUT2D eigenvalue weighted by molar-refractivity contribution is -0.139. The van der Waals surface area contributed by atoms with E-state index in [1.807, 2.05) is 29.2 Å². The van der Waals surface area contributed by atoms with E-state index in [-0.39, 0.29) is 24.8 Å². The predicted octanol–water partition coefficient (Wildman–Crippen LogP) is 1.49. The molecule has 5 heteroatoms. The Hall–Kier alpha value is -1.88. The molecule has 116 valence electrons. The molecule has 0 unspecified atom stereocenters. The second-order valence-electron chi connectivity index (χ2n) is 5.05. The highest BCUT2D eigenvalue weighted by molar-refractivity contribution is 5.76. The van der Waals surface area contributed by atoms with Crippen LogP contribution in [0.15, 0.2) is 24.3 Å². The van der Waals surface area contributed by atoms with Gasteiger partial charge in [0.25, 0.3) is 0 Å². The van der Waals surface area contributed by atoms with Crippen molar-refractivity contribution in [1.29, 1.82) is 0 Å². The van der Waals surface area contributed by atoms with Gasteiger partial charge in [-0.15, -0.1) is 0 Å². The first-order chi connectivity index (χ1) is 10.1. The van der Waals surface area contributed by atoms with E-state index in [1.165, 1.54) is 7.11 Å². The molecule has 0 aliphatic carbocycles. The molecule has 0 saturated heterocycles. The zero-order valence-corrected chi connectivity index (χ0v) is 12.8. The number of esters is 1. The summed E-state index contributed by atoms with van der Waals surface area (Å²) in [7, 11) is 1.38. The van der Waals surface area contributed by atoms with Gasteiger partial charge in [0.15, 0.2) is 0 Å². The number of carbonyl (C=O) groups excluding carboxylic acids is 2. The summed E-state index contributed by atoms with van der Waals surface area (Å²) >= 11 is 0. The largest absolute Gasteiger partial charge is 0.469 e. The highest BCUT2D eigenvalue weighted by atomic mass is 16.5. The molecule has 0 aliphatic rings. The Morgan fingerprint density at radius 2 is 1.90 bits per heavy atom. The maximum Gasteiger partial charge on any atom is 0.309 e. The lowest BCUT2D eigenvalue weighted by Crippen LogP contribution is -2.34. The summed E-state index contributed by atoms with van der Waals surface area (Å²) in [5.41, 5.74) is 7.26. The Bertz CT molecular complexity index is 474. The second kappa shape index (κ2) is 9.13. The van der Waals surface area contributed by atoms with Crippen LogP contribution in [-0.4, -0.2) is 37.0 Å². The molecule has 0 fully saturated rings. The molecule has 0 atom stereocenters. The van der Waals surface area contributed by atoms with Gasteiger partial charge in [-0.25, -0.2) is 0 Å². The molecule has 0 spiro atoms. The Kier molecular flexibility index (Phi) is 7.46. The highest BCUT2D eigenvalue weighted by Gasteiger charge is 2.13. The van der Waals surface area contributed by atoms with Gasteiger partial charge >= 0.3 is 5.97 Å². The Labute approximate surface area is 126 Å². The Morgan fingerprint density at radius 3 is 2.48 bits per heavy atom. The van der Waals surface area contributed by atoms with E-state index in [4.69, 9.17) is 10.5 Å². The van der Waals surface area contributed by atoms with E-state index in [1.54, 1.807) is 0 Å². The third-order valence-corrected chi connectivity index (χ3v) is 3.28. The van der Waals surface area contributed by atoms with Gasteiger partial charge in [0.1, 0.15) is 0 Å². The monoisotopic (exact) mass is 292 g/mol. The first-order valence-electron chi connectivity index (χ1n) is 7.21. The smallest absolute Gasteiger partial charge is 0.309 e. The molecule has 0 saturated carbocycles. The van der Waals surface area contributed by atoms with Crippen molar-refractivity contribution in [2.45, 2.75) is 32.7 Å². The molecule has 1 aromatic rings. The van der Waals surface area contributed by atoms with E-state index in [0.717, 1.165) is 30.5 Å². The number of nitrogens with two attached hydrogens (primary N) is 1. The summed E-state index contributed by atoms with van der Waals surface area (Å²) in [5, 5.41) is 0. The van der Waals surface area contributed by atoms with Crippen molar-refractivity contribution in [2.24, 2.45) is 5.73 Å². The minimum Gasteiger partial charge on any atom is -0.469 e. The molecule has 1 aromatic carbocycles. The summed E-state index contributed by atoms with van der Waals surface area (Å²) in [4.78, 5) is 24.7. The van der Waals surface area contributed by atoms with Crippen LogP contribution in [0.4, 0.5) is 0 Å². The first-order valence-corrected chi connectivity index (χ1v) is 7.21. The van der Waals surface area contributed by atoms with E-state index in [2.05, 4.69) is 6.92 Å². The van der Waals surface area contributed by atoms with Crippen molar-refractivity contribution >= 4 is 11.9 Å². The number of unbranched alkanes of at least 4 members (excludes halogenated alkanes) is 1. The number of methoxy groups -OCH3 is 1. The first kappa shape index (κ1) is 17.2. The van der Waals surface area contributed by atoms with Gasteiger partial charge in [-0.1, -0.05) is 37.6 Å². The number of hydrogen-bond acceptors (Lipinski definition) is 4. The molecule has 0 heterocycles. The SMILES string of the molecule is CCCCN(CC(N)=O)Cc1ccccc1CC(=O)OC. The minimum atomic E-state index is -0.337. The summed E-state index contributed by atoms with van der Waals surface area (Å²) in [6, 6.07) is 7.71. The van der Waals surface area contributed by atoms with Crippen LogP contribution in [0.25, 0.3) is 0 Å². The lowest BCUT2D eigenvalue weighted by Gasteiger charge is -2.22. The number of benzene rings is 1. The topological polar surface area (TPSA) is 72.6 Å². The average Bonchev–Trinajstić information content (AvgIpc) is 2.46. The molecule has 5 nitrogen and oxygen atoms in total. The number of amides is 1. The molecular formula is C16H24N2O3. The normalized spacial score (nSPS) is 10.6. The average molecular weight is 292 g/mol. The molecule has 21 heavy (non-hydrogen) atoms. The second-order valence-corrected chi connectivity index (χ2v) is 5.05. The fourth-order valence-corrected chi connectivity index (χ4v) is 2.17. The van der Waals surface area contributed by atoms with Crippen molar-refractivity contribution in [2.75, 3.05) is 20.2 Å². The zero-order chi connectivity index (χ0) is 15.7. The van der Waals surface area contributed by atoms with Gasteiger partial charge in [-0.05, 0) is 24.1 Å². The van der Waals surface area contributed by atoms with Crippen molar-refractivity contribution < 1.29 is 14.3 Å². The van der Waals surface area contributed by atoms with E-state index < -0.39 is 0 Å². The molecule has 0 bridgehead atoms. The molecule has 2 N–H and O–H groups in total. The third kappa shape index (κ3) is 6.40. The molecule has 0 aromatic heterocycles. The van der Waals surface area contributed by atoms with Crippen molar-refractivity contribution in [3.63, 3.8) is 0 Å². The fraction of sp³-hybridized carbons (Fsp3) is 0.500. The minimum absolute atomic E-state index is 0.229. The molecule has 0 radical (unpaired) electrons. The van der Waals surface area contributed by atoms with E-state index in [0.29, 0.717) is 6.54 Å². The van der Waals surface area contributed by atoms with Crippen LogP contribution >= 0.6 is 0 Å². The predicted molar refractivity (Wildman–Crippen MR) is 81.5 cm³/mol. The van der Waals surface area contributed by atoms with Crippen molar-refractivity contribution in [1.82, 2.24) is 4.90 Å². The standard InChI is InChI=1S/C16H24N2O3/c1-3-4-9-18(12-15(17)19)11-14-8-6-5-7-13(14)10-16(20)21-2/h5-8H,3-4,9-12H2,1-2H3,(H2,17,19). The van der Waals surface area contributed by atoms with Gasteiger partial charge in [-0.3, -0.25) is 14.5 Å². The molecule has 1 rings (SSSR count). The summed E-state index contributed by atoms with van der Waals surface area (Å²) in [6.07, 6.45) is 2.30. The number of ether oxygens (including phenoxy) is 1. The zero-order valence-electron chi connectivity index (χ0n) is 12.8. The lowest BCUT2D eigenvalue weighted by atomic mass is 10.0. The number of nitrogens with zero attached hydrogens (tertiary/aromatic N) is 1. The van der Waals surface area contributed by atoms with Crippen LogP contribution in [0.1, 0.15) is 30.9 Å². The Morgan fingerprint density at radius 1 is 1.24 bits per heavy atom. The maximum absolute atomic E-state index is 11.5. The van der Waals surface area contributed by atoms with Crippen LogP contribution < -0.4 is 5.73 Å². The molecular weight excluding hydrogens is 268 g/mol. The highest BCUT2D eigenvalue weighted by Crippen LogP contribution is 2.13. The maximum atomic E-state index is 11.5. The van der Waals surface area contributed by atoms with E-state index in [9.17, 15) is 9.59 Å². The number of carbonyl (C=O) groups is 2. The van der Waals surface area contributed by atoms with Crippen LogP contribution in [0.5, 0.6) is 0 Å². The summed E-state index contributed by atoms with van der Waals surface area (Å²) in [6.45, 7) is 3.75. The molecule has 1 amide bonds. The van der Waals surface area contributed by atoms with Gasteiger partial charge in [-0.2, -0.15) is 0 Å². The van der Waals surface area contributed by atoms with Crippen molar-refractivity contribution in [3.8, 4) is 0 Å². The van der Waals surface area contributed by atoms with Gasteiger partial charge in [0.05, 0.1) is 20.1 Å². The third-order valence-electron chi connectivity index (χ3n) is 3.28. The quantitative estimate of drug-likeness (QED) is 0.700. The van der Waals surface area contributed by atoms with Crippen LogP contribution in [-0.2, 0) is 27.3 Å². The summed E-state index contributed by atoms with van der Waals surface area (Å²) in [5.74, 6) is -0.603. The van der Waals surface area contributed by atoms with Crippen LogP contribution in [0.2, 0.25) is 0 Å². The molecule has 0 aliphatic heterocycles. The number of primary amides is 1. The fourth-order valence-electron chi connectivity index (χ4n) is 2.17. The van der Waals surface area contributed by atoms with Crippen LogP contribution in [0, 0.1) is 0 Å². The number of hydrogen-bond donors (Lipinski definition) is 1. The van der Waals surface area contributed by atoms with Crippen molar-refractivity contribution in [3.05, 3.63) is 35.4 Å². The van der Waals surface area contributed by atoms with Crippen LogP contribution in [0.3, 0.4) is 0 Å². The summed E-state index contributed by atoms with van der Waals surface area (Å²) < 4.78 is 4.72. The van der Waals surface area contributed by atoms with Gasteiger partial charge in [0.2, 0.25) is 5.91 Å². The van der Waals surface area contributed by atoms with E-state index >= 15 is 0 Å². The number of rotatable bonds is 9.